The summed E-state index contributed by atoms with van der Waals surface area (Å²) in [4.78, 5) is 28.4. The third kappa shape index (κ3) is 3.23. The summed E-state index contributed by atoms with van der Waals surface area (Å²) in [6, 6.07) is 9.35. The first-order valence-electron chi connectivity index (χ1n) is 8.08. The van der Waals surface area contributed by atoms with Crippen molar-refractivity contribution in [1.82, 2.24) is 4.98 Å². The van der Waals surface area contributed by atoms with Gasteiger partial charge in [0.15, 0.2) is 5.78 Å². The monoisotopic (exact) mass is 323 g/mol. The Hall–Kier alpha value is -2.49. The lowest BCUT2D eigenvalue weighted by atomic mass is 9.75. The molecule has 0 amide bonds. The smallest absolute Gasteiger partial charge is 0.308 e. The molecule has 0 atom stereocenters. The van der Waals surface area contributed by atoms with E-state index < -0.39 is 0 Å². The minimum Gasteiger partial charge on any atom is -0.426 e. The Morgan fingerprint density at radius 3 is 2.54 bits per heavy atom. The van der Waals surface area contributed by atoms with Crippen molar-refractivity contribution in [3.8, 4) is 17.0 Å². The highest BCUT2D eigenvalue weighted by Crippen LogP contribution is 2.36. The van der Waals surface area contributed by atoms with Gasteiger partial charge in [-0.25, -0.2) is 0 Å². The van der Waals surface area contributed by atoms with Crippen molar-refractivity contribution in [2.24, 2.45) is 5.41 Å². The second-order valence-electron chi connectivity index (χ2n) is 7.22. The predicted molar refractivity (Wildman–Crippen MR) is 92.2 cm³/mol. The molecule has 1 aromatic heterocycles. The van der Waals surface area contributed by atoms with E-state index >= 15 is 0 Å². The Kier molecular flexibility index (Phi) is 3.99. The summed E-state index contributed by atoms with van der Waals surface area (Å²) in [5.74, 6) is 0.275. The Morgan fingerprint density at radius 2 is 1.83 bits per heavy atom. The molecule has 1 aliphatic carbocycles. The topological polar surface area (TPSA) is 56.3 Å². The summed E-state index contributed by atoms with van der Waals surface area (Å²) < 4.78 is 5.34. The van der Waals surface area contributed by atoms with E-state index in [4.69, 9.17) is 9.72 Å². The van der Waals surface area contributed by atoms with E-state index in [-0.39, 0.29) is 17.2 Å². The molecule has 0 spiro atoms. The highest BCUT2D eigenvalue weighted by atomic mass is 16.5. The molecular weight excluding hydrogens is 302 g/mol. The summed E-state index contributed by atoms with van der Waals surface area (Å²) in [5, 5.41) is 0. The van der Waals surface area contributed by atoms with Crippen LogP contribution in [0, 0.1) is 12.3 Å². The van der Waals surface area contributed by atoms with Crippen molar-refractivity contribution in [2.45, 2.75) is 40.5 Å². The zero-order valence-electron chi connectivity index (χ0n) is 14.5. The Morgan fingerprint density at radius 1 is 1.12 bits per heavy atom. The van der Waals surface area contributed by atoms with Crippen LogP contribution in [0.4, 0.5) is 0 Å². The van der Waals surface area contributed by atoms with Crippen molar-refractivity contribution in [3.05, 3.63) is 47.2 Å². The van der Waals surface area contributed by atoms with Gasteiger partial charge in [0.25, 0.3) is 0 Å². The average molecular weight is 323 g/mol. The lowest BCUT2D eigenvalue weighted by Gasteiger charge is -2.29. The van der Waals surface area contributed by atoms with E-state index in [1.54, 1.807) is 0 Å². The van der Waals surface area contributed by atoms with Gasteiger partial charge in [-0.2, -0.15) is 0 Å². The third-order valence-electron chi connectivity index (χ3n) is 4.23. The molecule has 0 saturated carbocycles. The number of esters is 1. The van der Waals surface area contributed by atoms with Crippen LogP contribution in [0.5, 0.6) is 5.75 Å². The first kappa shape index (κ1) is 16.4. The van der Waals surface area contributed by atoms with Gasteiger partial charge in [0.2, 0.25) is 0 Å². The number of aromatic nitrogens is 1. The molecule has 0 aliphatic heterocycles. The maximum Gasteiger partial charge on any atom is 0.308 e. The molecular formula is C20H21NO3. The van der Waals surface area contributed by atoms with Gasteiger partial charge in [-0.1, -0.05) is 19.9 Å². The van der Waals surface area contributed by atoms with Gasteiger partial charge >= 0.3 is 5.97 Å². The Bertz CT molecular complexity index is 837. The normalized spacial score (nSPS) is 15.8. The molecule has 3 rings (SSSR count). The molecule has 4 nitrogen and oxygen atoms in total. The summed E-state index contributed by atoms with van der Waals surface area (Å²) in [6.07, 6.45) is 1.31. The van der Waals surface area contributed by atoms with Crippen LogP contribution in [0.25, 0.3) is 11.3 Å². The fourth-order valence-corrected chi connectivity index (χ4v) is 3.17. The van der Waals surface area contributed by atoms with Crippen molar-refractivity contribution in [2.75, 3.05) is 0 Å². The van der Waals surface area contributed by atoms with Crippen LogP contribution < -0.4 is 4.74 Å². The van der Waals surface area contributed by atoms with Crippen LogP contribution in [0.2, 0.25) is 0 Å². The van der Waals surface area contributed by atoms with E-state index in [0.29, 0.717) is 17.7 Å². The number of hydrogen-bond donors (Lipinski definition) is 0. The fraction of sp³-hybridized carbons (Fsp3) is 0.350. The molecule has 1 aromatic carbocycles. The third-order valence-corrected chi connectivity index (χ3v) is 4.23. The average Bonchev–Trinajstić information content (AvgIpc) is 2.44. The first-order chi connectivity index (χ1) is 11.2. The molecule has 0 unspecified atom stereocenters. The van der Waals surface area contributed by atoms with Crippen LogP contribution in [0.1, 0.15) is 48.8 Å². The lowest BCUT2D eigenvalue weighted by Crippen LogP contribution is -2.27. The van der Waals surface area contributed by atoms with Crippen LogP contribution in [-0.2, 0) is 11.2 Å². The number of Topliss-reactive ketones (excluding diaryl/α,β-unsaturated/α-hetero) is 1. The van der Waals surface area contributed by atoms with Gasteiger partial charge in [-0.05, 0) is 48.6 Å². The zero-order chi connectivity index (χ0) is 17.5. The Labute approximate surface area is 141 Å². The zero-order valence-corrected chi connectivity index (χ0v) is 14.5. The lowest BCUT2D eigenvalue weighted by molar-refractivity contribution is -0.131. The van der Waals surface area contributed by atoms with Crippen molar-refractivity contribution < 1.29 is 14.3 Å². The van der Waals surface area contributed by atoms with Crippen LogP contribution in [0.3, 0.4) is 0 Å². The molecule has 0 bridgehead atoms. The summed E-state index contributed by atoms with van der Waals surface area (Å²) in [7, 11) is 0. The number of pyridine rings is 1. The standard InChI is InChI=1S/C20H21NO3/c1-12-5-6-15(19(9-12)24-13(2)22)16-8-7-14-17(21-16)10-20(3,4)11-18(14)23/h5-9H,10-11H2,1-4H3. The molecule has 124 valence electrons. The molecule has 24 heavy (non-hydrogen) atoms. The van der Waals surface area contributed by atoms with Gasteiger partial charge in [0.05, 0.1) is 11.4 Å². The van der Waals surface area contributed by atoms with E-state index in [1.165, 1.54) is 6.92 Å². The van der Waals surface area contributed by atoms with Gasteiger partial charge in [-0.15, -0.1) is 0 Å². The molecule has 0 radical (unpaired) electrons. The number of carbonyl (C=O) groups is 2. The molecule has 4 heteroatoms. The van der Waals surface area contributed by atoms with Gasteiger partial charge in [0.1, 0.15) is 5.75 Å². The fourth-order valence-electron chi connectivity index (χ4n) is 3.17. The minimum atomic E-state index is -0.365. The van der Waals surface area contributed by atoms with Gasteiger partial charge in [-0.3, -0.25) is 14.6 Å². The number of rotatable bonds is 2. The highest BCUT2D eigenvalue weighted by molar-refractivity contribution is 5.99. The second kappa shape index (κ2) is 5.86. The predicted octanol–water partition coefficient (Wildman–Crippen LogP) is 4.14. The van der Waals surface area contributed by atoms with Crippen LogP contribution in [0.15, 0.2) is 30.3 Å². The summed E-state index contributed by atoms with van der Waals surface area (Å²) in [6.45, 7) is 7.49. The van der Waals surface area contributed by atoms with E-state index in [0.717, 1.165) is 28.9 Å². The van der Waals surface area contributed by atoms with Gasteiger partial charge < -0.3 is 4.74 Å². The number of ketones is 1. The highest BCUT2D eigenvalue weighted by Gasteiger charge is 2.32. The molecule has 2 aromatic rings. The maximum absolute atomic E-state index is 12.3. The SMILES string of the molecule is CC(=O)Oc1cc(C)ccc1-c1ccc2c(n1)CC(C)(C)CC2=O. The molecule has 1 aliphatic rings. The number of carbonyl (C=O) groups excluding carboxylic acids is 2. The number of benzene rings is 1. The number of fused-ring (bicyclic) bond motifs is 1. The Balaban J connectivity index is 2.09. The maximum atomic E-state index is 12.3. The first-order valence-corrected chi connectivity index (χ1v) is 8.08. The minimum absolute atomic E-state index is 0.0816. The van der Waals surface area contributed by atoms with Crippen molar-refractivity contribution in [3.63, 3.8) is 0 Å². The quantitative estimate of drug-likeness (QED) is 0.616. The molecule has 0 saturated heterocycles. The van der Waals surface area contributed by atoms with E-state index in [9.17, 15) is 9.59 Å². The number of ether oxygens (including phenoxy) is 1. The van der Waals surface area contributed by atoms with E-state index in [2.05, 4.69) is 13.8 Å². The molecule has 0 N–H and O–H groups in total. The van der Waals surface area contributed by atoms with Crippen LogP contribution >= 0.6 is 0 Å². The largest absolute Gasteiger partial charge is 0.426 e. The molecule has 1 heterocycles. The summed E-state index contributed by atoms with van der Waals surface area (Å²) in [5.41, 5.74) is 3.93. The van der Waals surface area contributed by atoms with Crippen molar-refractivity contribution in [1.29, 1.82) is 0 Å². The number of aryl methyl sites for hydroxylation is 1. The second-order valence-corrected chi connectivity index (χ2v) is 7.22. The van der Waals surface area contributed by atoms with E-state index in [1.807, 2.05) is 37.3 Å². The number of nitrogens with zero attached hydrogens (tertiary/aromatic N) is 1. The van der Waals surface area contributed by atoms with Gasteiger partial charge in [0, 0.05) is 24.5 Å². The molecule has 0 fully saturated rings. The number of hydrogen-bond acceptors (Lipinski definition) is 4. The summed E-state index contributed by atoms with van der Waals surface area (Å²) >= 11 is 0. The van der Waals surface area contributed by atoms with Crippen molar-refractivity contribution >= 4 is 11.8 Å². The van der Waals surface area contributed by atoms with Crippen LogP contribution in [-0.4, -0.2) is 16.7 Å².